The number of ether oxygens (including phenoxy) is 1. The van der Waals surface area contributed by atoms with Gasteiger partial charge in [-0.15, -0.1) is 0 Å². The molecule has 2 heterocycles. The molecule has 0 bridgehead atoms. The fourth-order valence-corrected chi connectivity index (χ4v) is 3.38. The number of anilines is 2. The van der Waals surface area contributed by atoms with Gasteiger partial charge in [-0.2, -0.15) is 5.10 Å². The zero-order valence-corrected chi connectivity index (χ0v) is 18.0. The molecule has 0 spiro atoms. The lowest BCUT2D eigenvalue weighted by Gasteiger charge is -2.10. The highest BCUT2D eigenvalue weighted by Crippen LogP contribution is 2.29. The van der Waals surface area contributed by atoms with Crippen LogP contribution in [0.5, 0.6) is 5.75 Å². The van der Waals surface area contributed by atoms with Crippen LogP contribution in [0.2, 0.25) is 0 Å². The topological polar surface area (TPSA) is 64.9 Å². The van der Waals surface area contributed by atoms with E-state index in [-0.39, 0.29) is 0 Å². The summed E-state index contributed by atoms with van der Waals surface area (Å²) in [5.41, 5.74) is 3.57. The van der Waals surface area contributed by atoms with Gasteiger partial charge in [-0.25, -0.2) is 14.6 Å². The van der Waals surface area contributed by atoms with E-state index in [1.54, 1.807) is 0 Å². The van der Waals surface area contributed by atoms with Crippen LogP contribution < -0.4 is 10.1 Å². The molecule has 0 amide bonds. The third-order valence-electron chi connectivity index (χ3n) is 4.48. The highest BCUT2D eigenvalue weighted by atomic mass is 79.9. The number of hydrogen-bond donors (Lipinski definition) is 1. The van der Waals surface area contributed by atoms with E-state index in [4.69, 9.17) is 9.84 Å². The maximum Gasteiger partial charge on any atom is 0.168 e. The van der Waals surface area contributed by atoms with Crippen LogP contribution in [0.4, 0.5) is 11.5 Å². The molecule has 2 aromatic carbocycles. The van der Waals surface area contributed by atoms with E-state index in [2.05, 4.69) is 31.2 Å². The van der Waals surface area contributed by atoms with E-state index in [0.717, 1.165) is 51.4 Å². The molecule has 0 atom stereocenters. The molecular weight excluding hydrogens is 430 g/mol. The van der Waals surface area contributed by atoms with Crippen LogP contribution in [0.25, 0.3) is 16.7 Å². The second-order valence-electron chi connectivity index (χ2n) is 6.69. The quantitative estimate of drug-likeness (QED) is 0.303. The van der Waals surface area contributed by atoms with Crippen molar-refractivity contribution < 1.29 is 4.74 Å². The average Bonchev–Trinajstić information content (AvgIpc) is 3.06. The molecule has 0 aliphatic carbocycles. The largest absolute Gasteiger partial charge is 0.494 e. The lowest BCUT2D eigenvalue weighted by atomic mass is 10.2. The fourth-order valence-electron chi connectivity index (χ4n) is 3.15. The molecule has 4 rings (SSSR count). The van der Waals surface area contributed by atoms with Gasteiger partial charge < -0.3 is 10.1 Å². The number of alkyl halides is 1. The molecule has 0 saturated carbocycles. The number of nitrogens with zero attached hydrogens (tertiary/aromatic N) is 4. The van der Waals surface area contributed by atoms with Crippen LogP contribution in [-0.2, 0) is 0 Å². The SMILES string of the molecule is Cc1nc(Nc2ccc(OCCCBr)cc2)c2c(C)nn(-c3ccccc3)c2n1. The zero-order chi connectivity index (χ0) is 20.2. The number of nitrogens with one attached hydrogen (secondary N) is 1. The third-order valence-corrected chi connectivity index (χ3v) is 5.04. The molecule has 4 aromatic rings. The molecule has 148 valence electrons. The molecule has 0 aliphatic heterocycles. The van der Waals surface area contributed by atoms with Gasteiger partial charge in [0.2, 0.25) is 0 Å². The number of rotatable bonds is 7. The zero-order valence-electron chi connectivity index (χ0n) is 16.4. The van der Waals surface area contributed by atoms with Crippen LogP contribution in [0.15, 0.2) is 54.6 Å². The summed E-state index contributed by atoms with van der Waals surface area (Å²) in [6.45, 7) is 4.57. The Kier molecular flexibility index (Phi) is 5.76. The molecule has 0 fully saturated rings. The number of aromatic nitrogens is 4. The van der Waals surface area contributed by atoms with Crippen LogP contribution in [0.3, 0.4) is 0 Å². The smallest absolute Gasteiger partial charge is 0.168 e. The van der Waals surface area contributed by atoms with Gasteiger partial charge >= 0.3 is 0 Å². The van der Waals surface area contributed by atoms with E-state index in [9.17, 15) is 0 Å². The maximum atomic E-state index is 5.72. The first-order chi connectivity index (χ1) is 14.2. The van der Waals surface area contributed by atoms with Crippen LogP contribution in [0, 0.1) is 13.8 Å². The van der Waals surface area contributed by atoms with Crippen LogP contribution in [-0.4, -0.2) is 31.7 Å². The van der Waals surface area contributed by atoms with E-state index in [1.165, 1.54) is 0 Å². The highest BCUT2D eigenvalue weighted by Gasteiger charge is 2.16. The minimum Gasteiger partial charge on any atom is -0.494 e. The van der Waals surface area contributed by atoms with Crippen molar-refractivity contribution in [1.29, 1.82) is 0 Å². The third kappa shape index (κ3) is 4.24. The summed E-state index contributed by atoms with van der Waals surface area (Å²) in [4.78, 5) is 9.29. The molecule has 1 N–H and O–H groups in total. The molecular formula is C22H22BrN5O. The van der Waals surface area contributed by atoms with Gasteiger partial charge in [-0.3, -0.25) is 0 Å². The Morgan fingerprint density at radius 2 is 1.76 bits per heavy atom. The minimum atomic E-state index is 0.687. The maximum absolute atomic E-state index is 5.72. The normalized spacial score (nSPS) is 11.0. The monoisotopic (exact) mass is 451 g/mol. The predicted octanol–water partition coefficient (Wildman–Crippen LogP) is 5.34. The standard InChI is InChI=1S/C22H22BrN5O/c1-15-20-21(26-17-9-11-19(12-10-17)29-14-6-13-23)24-16(2)25-22(20)28(27-15)18-7-4-3-5-8-18/h3-5,7-12H,6,13-14H2,1-2H3,(H,24,25,26). The average molecular weight is 452 g/mol. The van der Waals surface area contributed by atoms with E-state index in [1.807, 2.05) is 73.1 Å². The summed E-state index contributed by atoms with van der Waals surface area (Å²) >= 11 is 3.41. The first-order valence-electron chi connectivity index (χ1n) is 9.51. The lowest BCUT2D eigenvalue weighted by molar-refractivity contribution is 0.319. The van der Waals surface area contributed by atoms with Gasteiger partial charge in [0.25, 0.3) is 0 Å². The molecule has 0 radical (unpaired) electrons. The van der Waals surface area contributed by atoms with Crippen molar-refractivity contribution in [2.24, 2.45) is 0 Å². The number of halogens is 1. The van der Waals surface area contributed by atoms with Gasteiger partial charge in [0.15, 0.2) is 5.65 Å². The van der Waals surface area contributed by atoms with Gasteiger partial charge in [0.1, 0.15) is 17.4 Å². The van der Waals surface area contributed by atoms with Crippen molar-refractivity contribution in [1.82, 2.24) is 19.7 Å². The number of fused-ring (bicyclic) bond motifs is 1. The first kappa shape index (κ1) is 19.4. The Balaban J connectivity index is 1.67. The summed E-state index contributed by atoms with van der Waals surface area (Å²) in [7, 11) is 0. The number of benzene rings is 2. The first-order valence-corrected chi connectivity index (χ1v) is 10.6. The minimum absolute atomic E-state index is 0.687. The number of aryl methyl sites for hydroxylation is 2. The van der Waals surface area contributed by atoms with E-state index >= 15 is 0 Å². The van der Waals surface area contributed by atoms with Crippen molar-refractivity contribution in [3.8, 4) is 11.4 Å². The van der Waals surface area contributed by atoms with Crippen LogP contribution >= 0.6 is 15.9 Å². The summed E-state index contributed by atoms with van der Waals surface area (Å²) in [6.07, 6.45) is 0.975. The van der Waals surface area contributed by atoms with Crippen LogP contribution in [0.1, 0.15) is 17.9 Å². The Morgan fingerprint density at radius 3 is 2.48 bits per heavy atom. The van der Waals surface area contributed by atoms with Crippen molar-refractivity contribution >= 4 is 38.5 Å². The van der Waals surface area contributed by atoms with Gasteiger partial charge in [0.05, 0.1) is 23.4 Å². The Bertz CT molecular complexity index is 1110. The Hall–Kier alpha value is -2.93. The highest BCUT2D eigenvalue weighted by molar-refractivity contribution is 9.09. The van der Waals surface area contributed by atoms with Crippen molar-refractivity contribution in [3.05, 3.63) is 66.1 Å². The molecule has 0 aliphatic rings. The molecule has 29 heavy (non-hydrogen) atoms. The van der Waals surface area contributed by atoms with Gasteiger partial charge in [-0.05, 0) is 56.7 Å². The number of hydrogen-bond acceptors (Lipinski definition) is 5. The summed E-state index contributed by atoms with van der Waals surface area (Å²) in [5.74, 6) is 2.29. The summed E-state index contributed by atoms with van der Waals surface area (Å²) in [5, 5.41) is 9.98. The fraction of sp³-hybridized carbons (Fsp3) is 0.227. The summed E-state index contributed by atoms with van der Waals surface area (Å²) < 4.78 is 7.58. The second kappa shape index (κ2) is 8.61. The second-order valence-corrected chi connectivity index (χ2v) is 7.48. The van der Waals surface area contributed by atoms with E-state index in [0.29, 0.717) is 12.4 Å². The summed E-state index contributed by atoms with van der Waals surface area (Å²) in [6, 6.07) is 17.9. The van der Waals surface area contributed by atoms with Gasteiger partial charge in [-0.1, -0.05) is 34.1 Å². The molecule has 6 nitrogen and oxygen atoms in total. The van der Waals surface area contributed by atoms with Gasteiger partial charge in [0, 0.05) is 11.0 Å². The van der Waals surface area contributed by atoms with E-state index < -0.39 is 0 Å². The van der Waals surface area contributed by atoms with Crippen molar-refractivity contribution in [2.45, 2.75) is 20.3 Å². The molecule has 0 saturated heterocycles. The predicted molar refractivity (Wildman–Crippen MR) is 120 cm³/mol. The molecule has 0 unspecified atom stereocenters. The Morgan fingerprint density at radius 1 is 1.00 bits per heavy atom. The number of para-hydroxylation sites is 1. The molecule has 7 heteroatoms. The van der Waals surface area contributed by atoms with Crippen molar-refractivity contribution in [3.63, 3.8) is 0 Å². The lowest BCUT2D eigenvalue weighted by Crippen LogP contribution is -2.02. The Labute approximate surface area is 178 Å². The molecule has 2 aromatic heterocycles. The van der Waals surface area contributed by atoms with Crippen molar-refractivity contribution in [2.75, 3.05) is 17.3 Å².